The van der Waals surface area contributed by atoms with Gasteiger partial charge in [-0.05, 0) is 6.72 Å². The van der Waals surface area contributed by atoms with Crippen molar-refractivity contribution >= 4 is 6.72 Å². The van der Waals surface area contributed by atoms with Crippen molar-refractivity contribution in [3.63, 3.8) is 0 Å². The van der Waals surface area contributed by atoms with Crippen molar-refractivity contribution in [1.29, 1.82) is 0 Å². The van der Waals surface area contributed by atoms with Gasteiger partial charge in [0.15, 0.2) is 0 Å². The Morgan fingerprint density at radius 1 is 1.40 bits per heavy atom. The summed E-state index contributed by atoms with van der Waals surface area (Å²) in [7, 11) is 0. The molecule has 1 rings (SSSR count). The summed E-state index contributed by atoms with van der Waals surface area (Å²) < 4.78 is 5.15. The Balaban J connectivity index is 2.38. The molecule has 0 spiro atoms. The molecule has 1 saturated heterocycles. The van der Waals surface area contributed by atoms with E-state index in [1.165, 1.54) is 0 Å². The summed E-state index contributed by atoms with van der Waals surface area (Å²) in [6, 6.07) is 0. The van der Waals surface area contributed by atoms with Gasteiger partial charge in [0.25, 0.3) is 0 Å². The van der Waals surface area contributed by atoms with Gasteiger partial charge in [0, 0.05) is 13.1 Å². The lowest BCUT2D eigenvalue weighted by molar-refractivity contribution is 0.0535. The summed E-state index contributed by atoms with van der Waals surface area (Å²) in [5, 5.41) is 0. The third-order valence-electron chi connectivity index (χ3n) is 1.56. The van der Waals surface area contributed by atoms with Crippen molar-refractivity contribution < 1.29 is 4.74 Å². The molecule has 0 aliphatic carbocycles. The Hall–Kier alpha value is -0.830. The highest BCUT2D eigenvalue weighted by Crippen LogP contribution is 2.04. The van der Waals surface area contributed by atoms with Crippen LogP contribution >= 0.6 is 0 Å². The summed E-state index contributed by atoms with van der Waals surface area (Å²) in [5.41, 5.74) is 0. The highest BCUT2D eigenvalue weighted by molar-refractivity contribution is 5.27. The second-order valence-electron chi connectivity index (χ2n) is 2.17. The molecule has 1 aliphatic rings. The van der Waals surface area contributed by atoms with Crippen molar-refractivity contribution in [1.82, 2.24) is 4.90 Å². The summed E-state index contributed by atoms with van der Waals surface area (Å²) >= 11 is 0. The van der Waals surface area contributed by atoms with Gasteiger partial charge in [-0.2, -0.15) is 0 Å². The molecule has 0 aromatic carbocycles. The second kappa shape index (κ2) is 3.37. The number of nitrogens with zero attached hydrogens (tertiary/aromatic N) is 2. The molecule has 0 unspecified atom stereocenters. The van der Waals surface area contributed by atoms with Crippen LogP contribution in [0.25, 0.3) is 0 Å². The number of hydrogen-bond acceptors (Lipinski definition) is 3. The Labute approximate surface area is 61.0 Å². The fourth-order valence-electron chi connectivity index (χ4n) is 0.921. The smallest absolute Gasteiger partial charge is 0.120 e. The van der Waals surface area contributed by atoms with Crippen molar-refractivity contribution in [2.45, 2.75) is 0 Å². The molecule has 1 aliphatic heterocycles. The lowest BCUT2D eigenvalue weighted by atomic mass is 10.4. The van der Waals surface area contributed by atoms with Gasteiger partial charge in [-0.3, -0.25) is 0 Å². The van der Waals surface area contributed by atoms with Gasteiger partial charge in [-0.1, -0.05) is 6.58 Å². The minimum atomic E-state index is 0.753. The fraction of sp³-hybridized carbons (Fsp3) is 0.571. The Morgan fingerprint density at radius 2 is 2.00 bits per heavy atom. The van der Waals surface area contributed by atoms with Gasteiger partial charge < -0.3 is 9.64 Å². The van der Waals surface area contributed by atoms with Crippen LogP contribution in [0.4, 0.5) is 0 Å². The first-order valence-electron chi connectivity index (χ1n) is 3.33. The van der Waals surface area contributed by atoms with E-state index in [1.54, 1.807) is 0 Å². The maximum absolute atomic E-state index is 5.15. The van der Waals surface area contributed by atoms with Crippen LogP contribution < -0.4 is 0 Å². The third kappa shape index (κ3) is 1.57. The van der Waals surface area contributed by atoms with Gasteiger partial charge >= 0.3 is 0 Å². The quantitative estimate of drug-likeness (QED) is 0.521. The van der Waals surface area contributed by atoms with E-state index in [-0.39, 0.29) is 0 Å². The topological polar surface area (TPSA) is 24.8 Å². The SMILES string of the molecule is C=NC(=C)N1CCOCC1. The highest BCUT2D eigenvalue weighted by atomic mass is 16.5. The zero-order chi connectivity index (χ0) is 7.40. The molecule has 0 aromatic heterocycles. The van der Waals surface area contributed by atoms with E-state index in [2.05, 4.69) is 23.2 Å². The first kappa shape index (κ1) is 7.28. The van der Waals surface area contributed by atoms with Crippen LogP contribution in [0.15, 0.2) is 17.4 Å². The predicted molar refractivity (Wildman–Crippen MR) is 41.1 cm³/mol. The largest absolute Gasteiger partial charge is 0.378 e. The maximum atomic E-state index is 5.15. The van der Waals surface area contributed by atoms with Crippen molar-refractivity contribution in [2.24, 2.45) is 4.99 Å². The van der Waals surface area contributed by atoms with Gasteiger partial charge in [-0.15, -0.1) is 0 Å². The molecular formula is C7H12N2O. The van der Waals surface area contributed by atoms with E-state index in [9.17, 15) is 0 Å². The van der Waals surface area contributed by atoms with E-state index in [1.807, 2.05) is 0 Å². The first-order chi connectivity index (χ1) is 4.84. The van der Waals surface area contributed by atoms with Crippen LogP contribution in [0.5, 0.6) is 0 Å². The predicted octanol–water partition coefficient (Wildman–Crippen LogP) is 0.490. The monoisotopic (exact) mass is 140 g/mol. The van der Waals surface area contributed by atoms with E-state index < -0.39 is 0 Å². The number of aliphatic imine (C=N–C) groups is 1. The van der Waals surface area contributed by atoms with Crippen LogP contribution in [-0.4, -0.2) is 37.9 Å². The Morgan fingerprint density at radius 3 is 2.50 bits per heavy atom. The van der Waals surface area contributed by atoms with E-state index in [4.69, 9.17) is 4.74 Å². The third-order valence-corrected chi connectivity index (χ3v) is 1.56. The van der Waals surface area contributed by atoms with E-state index >= 15 is 0 Å². The van der Waals surface area contributed by atoms with Crippen LogP contribution in [0, 0.1) is 0 Å². The molecule has 10 heavy (non-hydrogen) atoms. The number of hydrogen-bond donors (Lipinski definition) is 0. The number of ether oxygens (including phenoxy) is 1. The minimum absolute atomic E-state index is 0.753. The molecule has 0 amide bonds. The molecule has 56 valence electrons. The standard InChI is InChI=1S/C7H12N2O/c1-7(8-2)9-3-5-10-6-4-9/h1-6H2. The minimum Gasteiger partial charge on any atom is -0.378 e. The first-order valence-corrected chi connectivity index (χ1v) is 3.33. The van der Waals surface area contributed by atoms with Gasteiger partial charge in [0.05, 0.1) is 13.2 Å². The molecule has 0 aromatic rings. The van der Waals surface area contributed by atoms with Gasteiger partial charge in [0.1, 0.15) is 5.82 Å². The average molecular weight is 140 g/mol. The van der Waals surface area contributed by atoms with Crippen molar-refractivity contribution in [2.75, 3.05) is 26.3 Å². The fourth-order valence-corrected chi connectivity index (χ4v) is 0.921. The highest BCUT2D eigenvalue weighted by Gasteiger charge is 2.09. The molecule has 0 bridgehead atoms. The molecule has 0 saturated carbocycles. The lowest BCUT2D eigenvalue weighted by Gasteiger charge is -2.27. The Kier molecular flexibility index (Phi) is 2.45. The van der Waals surface area contributed by atoms with Crippen molar-refractivity contribution in [3.8, 4) is 0 Å². The molecule has 3 nitrogen and oxygen atoms in total. The summed E-state index contributed by atoms with van der Waals surface area (Å²) in [5.74, 6) is 0.753. The van der Waals surface area contributed by atoms with E-state index in [0.717, 1.165) is 32.1 Å². The molecule has 0 radical (unpaired) electrons. The van der Waals surface area contributed by atoms with Gasteiger partial charge in [-0.25, -0.2) is 4.99 Å². The van der Waals surface area contributed by atoms with Crippen LogP contribution in [0.2, 0.25) is 0 Å². The lowest BCUT2D eigenvalue weighted by Crippen LogP contribution is -2.34. The summed E-state index contributed by atoms with van der Waals surface area (Å²) in [6.45, 7) is 10.5. The van der Waals surface area contributed by atoms with Crippen LogP contribution in [-0.2, 0) is 4.74 Å². The second-order valence-corrected chi connectivity index (χ2v) is 2.17. The molecular weight excluding hydrogens is 128 g/mol. The normalized spacial score (nSPS) is 18.6. The van der Waals surface area contributed by atoms with Gasteiger partial charge in [0.2, 0.25) is 0 Å². The Bertz CT molecular complexity index is 139. The zero-order valence-corrected chi connectivity index (χ0v) is 6.05. The van der Waals surface area contributed by atoms with Crippen molar-refractivity contribution in [3.05, 3.63) is 12.4 Å². The van der Waals surface area contributed by atoms with E-state index in [0.29, 0.717) is 0 Å². The number of rotatable bonds is 2. The molecule has 1 heterocycles. The van der Waals surface area contributed by atoms with Crippen LogP contribution in [0.1, 0.15) is 0 Å². The average Bonchev–Trinajstić information content (AvgIpc) is 2.05. The maximum Gasteiger partial charge on any atom is 0.120 e. The number of morpholine rings is 1. The molecule has 0 N–H and O–H groups in total. The molecule has 1 fully saturated rings. The zero-order valence-electron chi connectivity index (χ0n) is 6.05. The molecule has 3 heteroatoms. The molecule has 0 atom stereocenters. The summed E-state index contributed by atoms with van der Waals surface area (Å²) in [4.78, 5) is 5.80. The summed E-state index contributed by atoms with van der Waals surface area (Å²) in [6.07, 6.45) is 0. The van der Waals surface area contributed by atoms with Crippen LogP contribution in [0.3, 0.4) is 0 Å².